The van der Waals surface area contributed by atoms with Crippen molar-refractivity contribution in [2.75, 3.05) is 11.1 Å². The van der Waals surface area contributed by atoms with Crippen molar-refractivity contribution in [2.45, 2.75) is 51.7 Å². The van der Waals surface area contributed by atoms with Crippen molar-refractivity contribution in [3.05, 3.63) is 34.6 Å². The average Bonchev–Trinajstić information content (AvgIpc) is 2.93. The zero-order valence-electron chi connectivity index (χ0n) is 14.5. The van der Waals surface area contributed by atoms with E-state index in [2.05, 4.69) is 40.9 Å². The number of carbonyl (C=O) groups excluding carboxylic acids is 1. The Kier molecular flexibility index (Phi) is 6.69. The van der Waals surface area contributed by atoms with E-state index in [1.165, 1.54) is 11.8 Å². The summed E-state index contributed by atoms with van der Waals surface area (Å²) in [5.74, 6) is 1.47. The first kappa shape index (κ1) is 18.8. The van der Waals surface area contributed by atoms with Gasteiger partial charge in [0.25, 0.3) is 0 Å². The highest BCUT2D eigenvalue weighted by molar-refractivity contribution is 7.99. The Hall–Kier alpha value is -1.53. The fourth-order valence-corrected chi connectivity index (χ4v) is 3.27. The van der Waals surface area contributed by atoms with E-state index in [1.807, 2.05) is 25.1 Å². The minimum atomic E-state index is -0.0810. The van der Waals surface area contributed by atoms with Crippen molar-refractivity contribution in [2.24, 2.45) is 0 Å². The third-order valence-corrected chi connectivity index (χ3v) is 4.96. The normalized spacial score (nSPS) is 11.1. The first-order chi connectivity index (χ1) is 11.4. The number of anilines is 1. The molecule has 1 aromatic heterocycles. The molecule has 0 radical (unpaired) electrons. The van der Waals surface area contributed by atoms with Gasteiger partial charge in [-0.15, -0.1) is 10.2 Å². The Labute approximate surface area is 152 Å². The average molecular weight is 367 g/mol. The number of amides is 1. The van der Waals surface area contributed by atoms with E-state index in [4.69, 9.17) is 11.6 Å². The monoisotopic (exact) mass is 366 g/mol. The van der Waals surface area contributed by atoms with Crippen LogP contribution in [0.4, 0.5) is 5.69 Å². The quantitative estimate of drug-likeness (QED) is 0.732. The van der Waals surface area contributed by atoms with Crippen molar-refractivity contribution in [1.82, 2.24) is 14.8 Å². The molecule has 1 amide bonds. The maximum Gasteiger partial charge on any atom is 0.234 e. The molecule has 0 unspecified atom stereocenters. The Morgan fingerprint density at radius 3 is 2.79 bits per heavy atom. The van der Waals surface area contributed by atoms with Gasteiger partial charge in [-0.25, -0.2) is 0 Å². The summed E-state index contributed by atoms with van der Waals surface area (Å²) in [6.07, 6.45) is 0.999. The molecule has 0 saturated carbocycles. The second-order valence-corrected chi connectivity index (χ2v) is 7.25. The maximum absolute atomic E-state index is 12.2. The number of nitrogens with zero attached hydrogens (tertiary/aromatic N) is 3. The van der Waals surface area contributed by atoms with Crippen molar-refractivity contribution in [3.8, 4) is 0 Å². The number of hydrogen-bond acceptors (Lipinski definition) is 4. The highest BCUT2D eigenvalue weighted by Gasteiger charge is 2.16. The van der Waals surface area contributed by atoms with E-state index in [0.717, 1.165) is 35.2 Å². The molecule has 2 rings (SSSR count). The lowest BCUT2D eigenvalue weighted by Gasteiger charge is -2.11. The Morgan fingerprint density at radius 1 is 1.38 bits per heavy atom. The molecular weight excluding hydrogens is 344 g/mol. The molecule has 0 aliphatic heterocycles. The van der Waals surface area contributed by atoms with Crippen LogP contribution < -0.4 is 5.32 Å². The van der Waals surface area contributed by atoms with E-state index in [0.29, 0.717) is 10.9 Å². The zero-order valence-corrected chi connectivity index (χ0v) is 16.0. The molecule has 2 aromatic rings. The van der Waals surface area contributed by atoms with Crippen molar-refractivity contribution < 1.29 is 4.79 Å². The van der Waals surface area contributed by atoms with Gasteiger partial charge in [-0.05, 0) is 31.0 Å². The Balaban J connectivity index is 2.03. The van der Waals surface area contributed by atoms with Gasteiger partial charge in [0.2, 0.25) is 5.91 Å². The molecule has 0 saturated heterocycles. The maximum atomic E-state index is 12.2. The van der Waals surface area contributed by atoms with E-state index in [9.17, 15) is 4.79 Å². The second kappa shape index (κ2) is 8.53. The number of benzene rings is 1. The molecule has 1 aromatic carbocycles. The third kappa shape index (κ3) is 4.51. The fraction of sp³-hybridized carbons (Fsp3) is 0.471. The number of rotatable bonds is 7. The lowest BCUT2D eigenvalue weighted by Crippen LogP contribution is -2.15. The summed E-state index contributed by atoms with van der Waals surface area (Å²) in [7, 11) is 0. The van der Waals surface area contributed by atoms with Crippen LogP contribution in [0.3, 0.4) is 0 Å². The molecule has 1 N–H and O–H groups in total. The van der Waals surface area contributed by atoms with Crippen LogP contribution in [0.15, 0.2) is 23.4 Å². The summed E-state index contributed by atoms with van der Waals surface area (Å²) in [5, 5.41) is 12.8. The molecule has 0 aliphatic carbocycles. The summed E-state index contributed by atoms with van der Waals surface area (Å²) in [5.41, 5.74) is 1.61. The van der Waals surface area contributed by atoms with Crippen molar-refractivity contribution in [3.63, 3.8) is 0 Å². The van der Waals surface area contributed by atoms with E-state index < -0.39 is 0 Å². The predicted molar refractivity (Wildman–Crippen MR) is 99.9 cm³/mol. The lowest BCUT2D eigenvalue weighted by atomic mass is 10.2. The van der Waals surface area contributed by atoms with E-state index >= 15 is 0 Å². The molecule has 130 valence electrons. The van der Waals surface area contributed by atoms with Crippen LogP contribution >= 0.6 is 23.4 Å². The van der Waals surface area contributed by atoms with Gasteiger partial charge in [-0.2, -0.15) is 0 Å². The standard InChI is InChI=1S/C17H23ClN4OS/c1-5-9-22-16(11(2)3)20-21-17(22)24-10-15(23)19-14-8-6-7-13(18)12(14)4/h6-8,11H,5,9-10H2,1-4H3,(H,19,23). The van der Waals surface area contributed by atoms with Crippen LogP contribution in [-0.2, 0) is 11.3 Å². The molecule has 7 heteroatoms. The van der Waals surface area contributed by atoms with Gasteiger partial charge in [-0.3, -0.25) is 4.79 Å². The van der Waals surface area contributed by atoms with Gasteiger partial charge >= 0.3 is 0 Å². The van der Waals surface area contributed by atoms with Gasteiger partial charge in [0, 0.05) is 23.2 Å². The van der Waals surface area contributed by atoms with Gasteiger partial charge in [0.1, 0.15) is 5.82 Å². The molecular formula is C17H23ClN4OS. The molecule has 0 atom stereocenters. The summed E-state index contributed by atoms with van der Waals surface area (Å²) in [6.45, 7) is 9.06. The molecule has 0 aliphatic rings. The highest BCUT2D eigenvalue weighted by Crippen LogP contribution is 2.24. The summed E-state index contributed by atoms with van der Waals surface area (Å²) < 4.78 is 2.10. The number of hydrogen-bond donors (Lipinski definition) is 1. The molecule has 0 bridgehead atoms. The van der Waals surface area contributed by atoms with Crippen molar-refractivity contribution >= 4 is 35.0 Å². The number of thioether (sulfide) groups is 1. The third-order valence-electron chi connectivity index (χ3n) is 3.58. The van der Waals surface area contributed by atoms with Crippen LogP contribution in [0, 0.1) is 6.92 Å². The number of aromatic nitrogens is 3. The Bertz CT molecular complexity index is 715. The van der Waals surface area contributed by atoms with E-state index in [-0.39, 0.29) is 11.7 Å². The van der Waals surface area contributed by atoms with Crippen LogP contribution in [0.25, 0.3) is 0 Å². The fourth-order valence-electron chi connectivity index (χ4n) is 2.33. The summed E-state index contributed by atoms with van der Waals surface area (Å²) in [6, 6.07) is 5.48. The molecule has 24 heavy (non-hydrogen) atoms. The van der Waals surface area contributed by atoms with Crippen molar-refractivity contribution in [1.29, 1.82) is 0 Å². The number of nitrogens with one attached hydrogen (secondary N) is 1. The smallest absolute Gasteiger partial charge is 0.234 e. The van der Waals surface area contributed by atoms with E-state index in [1.54, 1.807) is 0 Å². The molecule has 5 nitrogen and oxygen atoms in total. The van der Waals surface area contributed by atoms with Gasteiger partial charge < -0.3 is 9.88 Å². The predicted octanol–water partition coefficient (Wildman–Crippen LogP) is 4.50. The van der Waals surface area contributed by atoms with Crippen LogP contribution in [-0.4, -0.2) is 26.4 Å². The van der Waals surface area contributed by atoms with Gasteiger partial charge in [0.05, 0.1) is 5.75 Å². The first-order valence-electron chi connectivity index (χ1n) is 8.04. The molecule has 1 heterocycles. The molecule has 0 fully saturated rings. The largest absolute Gasteiger partial charge is 0.325 e. The topological polar surface area (TPSA) is 59.8 Å². The first-order valence-corrected chi connectivity index (χ1v) is 9.41. The van der Waals surface area contributed by atoms with Crippen LogP contribution in [0.2, 0.25) is 5.02 Å². The highest BCUT2D eigenvalue weighted by atomic mass is 35.5. The van der Waals surface area contributed by atoms with Crippen LogP contribution in [0.1, 0.15) is 44.5 Å². The second-order valence-electron chi connectivity index (χ2n) is 5.90. The lowest BCUT2D eigenvalue weighted by molar-refractivity contribution is -0.113. The number of halogens is 1. The molecule has 0 spiro atoms. The van der Waals surface area contributed by atoms with Gasteiger partial charge in [-0.1, -0.05) is 50.2 Å². The summed E-state index contributed by atoms with van der Waals surface area (Å²) >= 11 is 7.49. The minimum absolute atomic E-state index is 0.0810. The summed E-state index contributed by atoms with van der Waals surface area (Å²) in [4.78, 5) is 12.2. The number of carbonyl (C=O) groups is 1. The van der Waals surface area contributed by atoms with Gasteiger partial charge in [0.15, 0.2) is 5.16 Å². The van der Waals surface area contributed by atoms with Crippen LogP contribution in [0.5, 0.6) is 0 Å². The zero-order chi connectivity index (χ0) is 17.7. The SMILES string of the molecule is CCCn1c(SCC(=O)Nc2cccc(Cl)c2C)nnc1C(C)C. The minimum Gasteiger partial charge on any atom is -0.325 e. The Morgan fingerprint density at radius 2 is 2.12 bits per heavy atom.